The highest BCUT2D eigenvalue weighted by atomic mass is 16.6. The number of nitrogens with zero attached hydrogens (tertiary/aromatic N) is 2. The number of rotatable bonds is 4. The average Bonchev–Trinajstić information content (AvgIpc) is 2.66. The molecule has 0 heterocycles. The molecule has 0 radical (unpaired) electrons. The Labute approximate surface area is 162 Å². The predicted octanol–water partition coefficient (Wildman–Crippen LogP) is 2.10. The molecule has 0 bridgehead atoms. The summed E-state index contributed by atoms with van der Waals surface area (Å²) in [4.78, 5) is 37.2. The van der Waals surface area contributed by atoms with Gasteiger partial charge >= 0.3 is 18.2 Å². The number of carbonyl (C=O) groups is 3. The second-order valence-electron chi connectivity index (χ2n) is 6.46. The minimum Gasteiger partial charge on any atom is -0.497 e. The van der Waals surface area contributed by atoms with E-state index in [4.69, 9.17) is 9.47 Å². The van der Waals surface area contributed by atoms with E-state index in [0.717, 1.165) is 14.2 Å². The number of nitriles is 1. The third-order valence-electron chi connectivity index (χ3n) is 3.44. The second-order valence-corrected chi connectivity index (χ2v) is 6.46. The third kappa shape index (κ3) is 4.82. The lowest BCUT2D eigenvalue weighted by Crippen LogP contribution is -2.62. The van der Waals surface area contributed by atoms with Crippen LogP contribution in [-0.4, -0.2) is 50.1 Å². The van der Waals surface area contributed by atoms with Crippen LogP contribution in [-0.2, 0) is 24.5 Å². The number of ether oxygens (including phenoxy) is 4. The molecule has 0 aliphatic heterocycles. The summed E-state index contributed by atoms with van der Waals surface area (Å²) in [5.41, 5.74) is -1.31. The number of esters is 1. The summed E-state index contributed by atoms with van der Waals surface area (Å²) in [6.07, 6.45) is -2.28. The highest BCUT2D eigenvalue weighted by Gasteiger charge is 2.53. The van der Waals surface area contributed by atoms with E-state index in [9.17, 15) is 19.6 Å². The molecule has 1 atom stereocenters. The summed E-state index contributed by atoms with van der Waals surface area (Å²) in [5, 5.41) is 10.4. The molecule has 0 aliphatic carbocycles. The fraction of sp³-hybridized carbons (Fsp3) is 0.444. The van der Waals surface area contributed by atoms with Crippen LogP contribution < -0.4 is 10.2 Å². The number of hydrazine groups is 1. The van der Waals surface area contributed by atoms with E-state index >= 15 is 0 Å². The van der Waals surface area contributed by atoms with E-state index in [-0.39, 0.29) is 5.56 Å². The van der Waals surface area contributed by atoms with Crippen LogP contribution >= 0.6 is 0 Å². The maximum absolute atomic E-state index is 13.1. The van der Waals surface area contributed by atoms with Gasteiger partial charge in [0.1, 0.15) is 17.4 Å². The zero-order valence-corrected chi connectivity index (χ0v) is 16.6. The maximum atomic E-state index is 13.1. The minimum atomic E-state index is -2.40. The van der Waals surface area contributed by atoms with Crippen molar-refractivity contribution in [2.75, 3.05) is 21.3 Å². The molecule has 0 aliphatic rings. The fourth-order valence-electron chi connectivity index (χ4n) is 2.18. The van der Waals surface area contributed by atoms with Crippen molar-refractivity contribution in [3.63, 3.8) is 0 Å². The van der Waals surface area contributed by atoms with Gasteiger partial charge in [-0.15, -0.1) is 0 Å². The molecule has 10 heteroatoms. The first-order valence-corrected chi connectivity index (χ1v) is 8.07. The van der Waals surface area contributed by atoms with E-state index < -0.39 is 29.3 Å². The number of benzene rings is 1. The van der Waals surface area contributed by atoms with Crippen molar-refractivity contribution in [2.24, 2.45) is 0 Å². The number of nitrogens with one attached hydrogen (secondary N) is 1. The Morgan fingerprint density at radius 1 is 1.04 bits per heavy atom. The molecule has 0 fully saturated rings. The van der Waals surface area contributed by atoms with Crippen LogP contribution in [0.25, 0.3) is 0 Å². The molecule has 1 aromatic rings. The first-order chi connectivity index (χ1) is 13.0. The van der Waals surface area contributed by atoms with Crippen molar-refractivity contribution in [1.82, 2.24) is 10.4 Å². The largest absolute Gasteiger partial charge is 0.497 e. The van der Waals surface area contributed by atoms with Gasteiger partial charge in [0.2, 0.25) is 0 Å². The molecule has 1 N–H and O–H groups in total. The highest BCUT2D eigenvalue weighted by Crippen LogP contribution is 2.32. The Morgan fingerprint density at radius 3 is 2.00 bits per heavy atom. The molecule has 1 rings (SSSR count). The van der Waals surface area contributed by atoms with Crippen molar-refractivity contribution in [1.29, 1.82) is 5.26 Å². The van der Waals surface area contributed by atoms with Crippen LogP contribution in [0, 0.1) is 11.3 Å². The van der Waals surface area contributed by atoms with Gasteiger partial charge < -0.3 is 18.9 Å². The van der Waals surface area contributed by atoms with Crippen molar-refractivity contribution >= 4 is 18.2 Å². The van der Waals surface area contributed by atoms with Gasteiger partial charge in [0.05, 0.1) is 21.3 Å². The normalized spacial score (nSPS) is 12.6. The molecule has 0 aromatic heterocycles. The van der Waals surface area contributed by atoms with Crippen LogP contribution in [0.4, 0.5) is 9.59 Å². The molecule has 0 spiro atoms. The van der Waals surface area contributed by atoms with E-state index in [0.29, 0.717) is 10.8 Å². The van der Waals surface area contributed by atoms with E-state index in [1.54, 1.807) is 26.8 Å². The maximum Gasteiger partial charge on any atom is 0.430 e. The standard InChI is InChI=1S/C18H23N3O7/c1-17(2,3)28-14(22)18(11-19,12-7-9-13(25-4)10-8-12)21(16(24)27-6)20-15(23)26-5/h7-10H,1-6H3,(H,20,23)/t18-/m0/s1. The Hall–Kier alpha value is -3.48. The van der Waals surface area contributed by atoms with Crippen LogP contribution in [0.15, 0.2) is 24.3 Å². The summed E-state index contributed by atoms with van der Waals surface area (Å²) in [6, 6.07) is 7.53. The van der Waals surface area contributed by atoms with Crippen molar-refractivity contribution in [3.8, 4) is 11.8 Å². The lowest BCUT2D eigenvalue weighted by atomic mass is 9.90. The van der Waals surface area contributed by atoms with E-state index in [1.165, 1.54) is 31.4 Å². The SMILES string of the molecule is COC(=O)NN(C(=O)OC)[C@](C#N)(C(=O)OC(C)(C)C)c1ccc(OC)cc1. The molecule has 1 aromatic carbocycles. The first kappa shape index (κ1) is 22.6. The minimum absolute atomic E-state index is 0.0341. The number of hydrogen-bond donors (Lipinski definition) is 1. The average molecular weight is 393 g/mol. The van der Waals surface area contributed by atoms with Gasteiger partial charge in [-0.3, -0.25) is 0 Å². The lowest BCUT2D eigenvalue weighted by Gasteiger charge is -2.36. The molecule has 0 saturated heterocycles. The van der Waals surface area contributed by atoms with Crippen molar-refractivity contribution in [3.05, 3.63) is 29.8 Å². The number of carbonyl (C=O) groups excluding carboxylic acids is 3. The molecule has 152 valence electrons. The van der Waals surface area contributed by atoms with Gasteiger partial charge in [0.15, 0.2) is 0 Å². The van der Waals surface area contributed by atoms with Gasteiger partial charge in [-0.2, -0.15) is 10.3 Å². The lowest BCUT2D eigenvalue weighted by molar-refractivity contribution is -0.167. The number of hydrogen-bond acceptors (Lipinski definition) is 8. The quantitative estimate of drug-likeness (QED) is 0.468. The Bertz CT molecular complexity index is 765. The summed E-state index contributed by atoms with van der Waals surface area (Å²) in [5.74, 6) is -0.653. The molecular formula is C18H23N3O7. The van der Waals surface area contributed by atoms with E-state index in [1.807, 2.05) is 5.43 Å². The van der Waals surface area contributed by atoms with E-state index in [2.05, 4.69) is 9.47 Å². The molecule has 2 amide bonds. The van der Waals surface area contributed by atoms with Crippen LogP contribution in [0.1, 0.15) is 26.3 Å². The summed E-state index contributed by atoms with van der Waals surface area (Å²) < 4.78 is 19.6. The molecule has 28 heavy (non-hydrogen) atoms. The predicted molar refractivity (Wildman–Crippen MR) is 95.9 cm³/mol. The monoisotopic (exact) mass is 393 g/mol. The van der Waals surface area contributed by atoms with Crippen molar-refractivity contribution in [2.45, 2.75) is 31.9 Å². The zero-order valence-electron chi connectivity index (χ0n) is 16.6. The van der Waals surface area contributed by atoms with Gasteiger partial charge in [0.25, 0.3) is 5.54 Å². The first-order valence-electron chi connectivity index (χ1n) is 8.07. The van der Waals surface area contributed by atoms with Crippen molar-refractivity contribution < 1.29 is 33.3 Å². The molecule has 10 nitrogen and oxygen atoms in total. The number of amides is 2. The third-order valence-corrected chi connectivity index (χ3v) is 3.44. The van der Waals surface area contributed by atoms with Crippen LogP contribution in [0.2, 0.25) is 0 Å². The number of methoxy groups -OCH3 is 3. The Morgan fingerprint density at radius 2 is 1.61 bits per heavy atom. The fourth-order valence-corrected chi connectivity index (χ4v) is 2.18. The van der Waals surface area contributed by atoms with Gasteiger partial charge in [-0.25, -0.2) is 19.8 Å². The van der Waals surface area contributed by atoms with Crippen LogP contribution in [0.5, 0.6) is 5.75 Å². The zero-order chi connectivity index (χ0) is 21.5. The second kappa shape index (κ2) is 8.94. The van der Waals surface area contributed by atoms with Crippen LogP contribution in [0.3, 0.4) is 0 Å². The van der Waals surface area contributed by atoms with Gasteiger partial charge in [-0.05, 0) is 32.9 Å². The smallest absolute Gasteiger partial charge is 0.430 e. The molecular weight excluding hydrogens is 370 g/mol. The molecule has 0 saturated carbocycles. The Kier molecular flexibility index (Phi) is 7.21. The summed E-state index contributed by atoms with van der Waals surface area (Å²) in [6.45, 7) is 4.78. The summed E-state index contributed by atoms with van der Waals surface area (Å²) >= 11 is 0. The highest BCUT2D eigenvalue weighted by molar-refractivity contribution is 5.91. The van der Waals surface area contributed by atoms with Gasteiger partial charge in [-0.1, -0.05) is 12.1 Å². The van der Waals surface area contributed by atoms with Gasteiger partial charge in [0, 0.05) is 5.56 Å². The molecule has 0 unspecified atom stereocenters. The topological polar surface area (TPSA) is 127 Å². The summed E-state index contributed by atoms with van der Waals surface area (Å²) in [7, 11) is 3.53. The Balaban J connectivity index is 3.70.